The normalized spacial score (nSPS) is 10.0. The zero-order valence-corrected chi connectivity index (χ0v) is 9.11. The van der Waals surface area contributed by atoms with Crippen molar-refractivity contribution >= 4 is 0 Å². The standard InChI is InChI=1S/C12H18O3/c1-14-11-6-5-7-12(10-11)15-9-4-2-3-8-13/h5-7,10,13H,2-4,8-9H2,1H3. The van der Waals surface area contributed by atoms with Crippen LogP contribution in [0.3, 0.4) is 0 Å². The number of unbranched alkanes of at least 4 members (excludes halogenated alkanes) is 2. The fraction of sp³-hybridized carbons (Fsp3) is 0.500. The number of benzene rings is 1. The maximum absolute atomic E-state index is 8.59. The minimum absolute atomic E-state index is 0.263. The van der Waals surface area contributed by atoms with Crippen molar-refractivity contribution in [1.82, 2.24) is 0 Å². The minimum Gasteiger partial charge on any atom is -0.497 e. The van der Waals surface area contributed by atoms with Crippen molar-refractivity contribution in [2.24, 2.45) is 0 Å². The Balaban J connectivity index is 2.24. The van der Waals surface area contributed by atoms with E-state index in [-0.39, 0.29) is 6.61 Å². The van der Waals surface area contributed by atoms with E-state index in [1.54, 1.807) is 7.11 Å². The van der Waals surface area contributed by atoms with Crippen molar-refractivity contribution in [1.29, 1.82) is 0 Å². The van der Waals surface area contributed by atoms with Gasteiger partial charge in [-0.15, -0.1) is 0 Å². The molecule has 0 spiro atoms. The van der Waals surface area contributed by atoms with Crippen LogP contribution < -0.4 is 9.47 Å². The van der Waals surface area contributed by atoms with Crippen LogP contribution in [0.1, 0.15) is 19.3 Å². The molecule has 0 saturated heterocycles. The zero-order chi connectivity index (χ0) is 10.9. The summed E-state index contributed by atoms with van der Waals surface area (Å²) >= 11 is 0. The Morgan fingerprint density at radius 2 is 1.93 bits per heavy atom. The molecule has 0 aliphatic heterocycles. The van der Waals surface area contributed by atoms with E-state index < -0.39 is 0 Å². The number of hydrogen-bond donors (Lipinski definition) is 1. The van der Waals surface area contributed by atoms with Gasteiger partial charge in [0.2, 0.25) is 0 Å². The number of hydrogen-bond acceptors (Lipinski definition) is 3. The highest BCUT2D eigenvalue weighted by Crippen LogP contribution is 2.18. The number of ether oxygens (including phenoxy) is 2. The maximum Gasteiger partial charge on any atom is 0.122 e. The quantitative estimate of drug-likeness (QED) is 0.701. The van der Waals surface area contributed by atoms with Gasteiger partial charge in [0, 0.05) is 12.7 Å². The third kappa shape index (κ3) is 4.70. The van der Waals surface area contributed by atoms with Crippen LogP contribution in [-0.2, 0) is 0 Å². The molecule has 1 N–H and O–H groups in total. The molecular formula is C12H18O3. The summed E-state index contributed by atoms with van der Waals surface area (Å²) in [7, 11) is 1.64. The Hall–Kier alpha value is -1.22. The molecular weight excluding hydrogens is 192 g/mol. The lowest BCUT2D eigenvalue weighted by Gasteiger charge is -2.07. The fourth-order valence-corrected chi connectivity index (χ4v) is 1.27. The molecule has 0 unspecified atom stereocenters. The fourth-order valence-electron chi connectivity index (χ4n) is 1.27. The molecule has 0 atom stereocenters. The maximum atomic E-state index is 8.59. The predicted molar refractivity (Wildman–Crippen MR) is 59.4 cm³/mol. The summed E-state index contributed by atoms with van der Waals surface area (Å²) in [6, 6.07) is 7.57. The second kappa shape index (κ2) is 7.12. The van der Waals surface area contributed by atoms with E-state index in [1.807, 2.05) is 24.3 Å². The second-order valence-electron chi connectivity index (χ2n) is 3.31. The van der Waals surface area contributed by atoms with Crippen LogP contribution in [0, 0.1) is 0 Å². The summed E-state index contributed by atoms with van der Waals surface area (Å²) in [5.41, 5.74) is 0. The minimum atomic E-state index is 0.263. The first-order valence-electron chi connectivity index (χ1n) is 5.24. The molecule has 1 rings (SSSR count). The molecule has 0 saturated carbocycles. The van der Waals surface area contributed by atoms with Gasteiger partial charge in [0.1, 0.15) is 11.5 Å². The molecule has 84 valence electrons. The largest absolute Gasteiger partial charge is 0.497 e. The van der Waals surface area contributed by atoms with Crippen molar-refractivity contribution in [3.8, 4) is 11.5 Å². The van der Waals surface area contributed by atoms with Crippen LogP contribution in [-0.4, -0.2) is 25.4 Å². The Kier molecular flexibility index (Phi) is 5.63. The van der Waals surface area contributed by atoms with Crippen molar-refractivity contribution in [3.05, 3.63) is 24.3 Å². The van der Waals surface area contributed by atoms with Gasteiger partial charge in [-0.2, -0.15) is 0 Å². The summed E-state index contributed by atoms with van der Waals surface area (Å²) in [5, 5.41) is 8.59. The van der Waals surface area contributed by atoms with Crippen LogP contribution in [0.25, 0.3) is 0 Å². The van der Waals surface area contributed by atoms with Crippen LogP contribution >= 0.6 is 0 Å². The predicted octanol–water partition coefficient (Wildman–Crippen LogP) is 2.24. The average molecular weight is 210 g/mol. The van der Waals surface area contributed by atoms with Gasteiger partial charge in [-0.05, 0) is 31.4 Å². The summed E-state index contributed by atoms with van der Waals surface area (Å²) in [5.74, 6) is 1.64. The molecule has 0 radical (unpaired) electrons. The lowest BCUT2D eigenvalue weighted by atomic mass is 10.2. The van der Waals surface area contributed by atoms with E-state index in [1.165, 1.54) is 0 Å². The zero-order valence-electron chi connectivity index (χ0n) is 9.11. The summed E-state index contributed by atoms with van der Waals surface area (Å²) in [6.07, 6.45) is 2.82. The van der Waals surface area contributed by atoms with E-state index in [0.29, 0.717) is 6.61 Å². The Morgan fingerprint density at radius 1 is 1.13 bits per heavy atom. The molecule has 3 heteroatoms. The van der Waals surface area contributed by atoms with Crippen LogP contribution in [0.5, 0.6) is 11.5 Å². The first-order valence-corrected chi connectivity index (χ1v) is 5.24. The molecule has 0 aliphatic rings. The van der Waals surface area contributed by atoms with Crippen molar-refractivity contribution in [3.63, 3.8) is 0 Å². The van der Waals surface area contributed by atoms with Crippen LogP contribution in [0.15, 0.2) is 24.3 Å². The lowest BCUT2D eigenvalue weighted by molar-refractivity contribution is 0.265. The average Bonchev–Trinajstić information content (AvgIpc) is 2.29. The van der Waals surface area contributed by atoms with E-state index in [4.69, 9.17) is 14.6 Å². The van der Waals surface area contributed by atoms with E-state index >= 15 is 0 Å². The Morgan fingerprint density at radius 3 is 2.67 bits per heavy atom. The highest BCUT2D eigenvalue weighted by atomic mass is 16.5. The molecule has 3 nitrogen and oxygen atoms in total. The smallest absolute Gasteiger partial charge is 0.122 e. The summed E-state index contributed by atoms with van der Waals surface area (Å²) < 4.78 is 10.6. The van der Waals surface area contributed by atoms with Gasteiger partial charge >= 0.3 is 0 Å². The highest BCUT2D eigenvalue weighted by molar-refractivity contribution is 5.32. The third-order valence-corrected chi connectivity index (χ3v) is 2.11. The second-order valence-corrected chi connectivity index (χ2v) is 3.31. The number of rotatable bonds is 7. The van der Waals surface area contributed by atoms with Gasteiger partial charge < -0.3 is 14.6 Å². The molecule has 0 aliphatic carbocycles. The molecule has 0 fully saturated rings. The SMILES string of the molecule is COc1cccc(OCCCCCO)c1. The van der Waals surface area contributed by atoms with Gasteiger partial charge in [0.15, 0.2) is 0 Å². The lowest BCUT2D eigenvalue weighted by Crippen LogP contribution is -1.98. The Labute approximate surface area is 90.6 Å². The number of aliphatic hydroxyl groups is 1. The first kappa shape index (κ1) is 11.9. The van der Waals surface area contributed by atoms with Gasteiger partial charge in [-0.3, -0.25) is 0 Å². The monoisotopic (exact) mass is 210 g/mol. The van der Waals surface area contributed by atoms with Crippen molar-refractivity contribution in [2.75, 3.05) is 20.3 Å². The molecule has 0 amide bonds. The molecule has 0 aromatic heterocycles. The van der Waals surface area contributed by atoms with Crippen molar-refractivity contribution < 1.29 is 14.6 Å². The van der Waals surface area contributed by atoms with Gasteiger partial charge in [-0.1, -0.05) is 6.07 Å². The van der Waals surface area contributed by atoms with E-state index in [9.17, 15) is 0 Å². The topological polar surface area (TPSA) is 38.7 Å². The van der Waals surface area contributed by atoms with E-state index in [2.05, 4.69) is 0 Å². The van der Waals surface area contributed by atoms with Crippen molar-refractivity contribution in [2.45, 2.75) is 19.3 Å². The first-order chi connectivity index (χ1) is 7.36. The van der Waals surface area contributed by atoms with Gasteiger partial charge in [0.05, 0.1) is 13.7 Å². The van der Waals surface area contributed by atoms with Crippen LogP contribution in [0.2, 0.25) is 0 Å². The molecule has 15 heavy (non-hydrogen) atoms. The van der Waals surface area contributed by atoms with Gasteiger partial charge in [0.25, 0.3) is 0 Å². The third-order valence-electron chi connectivity index (χ3n) is 2.11. The number of methoxy groups -OCH3 is 1. The molecule has 0 bridgehead atoms. The molecule has 0 heterocycles. The molecule has 1 aromatic rings. The highest BCUT2D eigenvalue weighted by Gasteiger charge is 1.96. The van der Waals surface area contributed by atoms with Gasteiger partial charge in [-0.25, -0.2) is 0 Å². The summed E-state index contributed by atoms with van der Waals surface area (Å²) in [6.45, 7) is 0.951. The Bertz CT molecular complexity index is 273. The summed E-state index contributed by atoms with van der Waals surface area (Å²) in [4.78, 5) is 0. The number of aliphatic hydroxyl groups excluding tert-OH is 1. The van der Waals surface area contributed by atoms with Crippen LogP contribution in [0.4, 0.5) is 0 Å². The van der Waals surface area contributed by atoms with E-state index in [0.717, 1.165) is 30.8 Å². The molecule has 1 aromatic carbocycles.